The van der Waals surface area contributed by atoms with Crippen LogP contribution in [-0.4, -0.2) is 16.7 Å². The summed E-state index contributed by atoms with van der Waals surface area (Å²) >= 11 is 0. The van der Waals surface area contributed by atoms with Gasteiger partial charge in [0.15, 0.2) is 0 Å². The summed E-state index contributed by atoms with van der Waals surface area (Å²) < 4.78 is 2.29. The average molecular weight is 458 g/mol. The third-order valence-electron chi connectivity index (χ3n) is 6.16. The van der Waals surface area contributed by atoms with Gasteiger partial charge in [-0.1, -0.05) is 109 Å². The normalized spacial score (nSPS) is 11.2. The minimum atomic E-state index is -0.118. The fraction of sp³-hybridized carbons (Fsp3) is 0.0968. The van der Waals surface area contributed by atoms with Crippen LogP contribution in [0.25, 0.3) is 33.3 Å². The van der Waals surface area contributed by atoms with E-state index in [9.17, 15) is 4.79 Å². The smallest absolute Gasteiger partial charge is 0.241 e. The molecule has 4 heteroatoms. The van der Waals surface area contributed by atoms with Crippen LogP contribution in [0, 0.1) is 6.92 Å². The number of fused-ring (bicyclic) bond motifs is 1. The number of rotatable bonds is 7. The molecule has 172 valence electrons. The van der Waals surface area contributed by atoms with Gasteiger partial charge in [-0.05, 0) is 29.2 Å². The zero-order valence-electron chi connectivity index (χ0n) is 19.7. The van der Waals surface area contributed by atoms with Crippen molar-refractivity contribution in [2.24, 2.45) is 5.10 Å². The van der Waals surface area contributed by atoms with E-state index < -0.39 is 0 Å². The molecule has 35 heavy (non-hydrogen) atoms. The van der Waals surface area contributed by atoms with E-state index >= 15 is 0 Å². The lowest BCUT2D eigenvalue weighted by molar-refractivity contribution is -0.121. The third-order valence-corrected chi connectivity index (χ3v) is 6.16. The summed E-state index contributed by atoms with van der Waals surface area (Å²) in [4.78, 5) is 12.7. The number of hydrogen-bond donors (Lipinski definition) is 1. The third kappa shape index (κ3) is 4.78. The summed E-state index contributed by atoms with van der Waals surface area (Å²) in [5.41, 5.74) is 10.6. The second-order valence-corrected chi connectivity index (χ2v) is 8.53. The molecule has 0 saturated carbocycles. The molecule has 1 amide bonds. The van der Waals surface area contributed by atoms with Gasteiger partial charge in [-0.25, -0.2) is 5.43 Å². The summed E-state index contributed by atoms with van der Waals surface area (Å²) in [5, 5.41) is 5.33. The molecule has 1 heterocycles. The number of amides is 1. The number of carbonyl (C=O) groups is 1. The molecule has 0 aliphatic rings. The van der Waals surface area contributed by atoms with Crippen molar-refractivity contribution in [3.63, 3.8) is 0 Å². The van der Waals surface area contributed by atoms with Crippen molar-refractivity contribution >= 4 is 23.0 Å². The lowest BCUT2D eigenvalue weighted by atomic mass is 9.98. The molecule has 0 aliphatic carbocycles. The highest BCUT2D eigenvalue weighted by atomic mass is 16.2. The fourth-order valence-corrected chi connectivity index (χ4v) is 4.60. The number of aryl methyl sites for hydroxylation is 2. The number of benzene rings is 4. The van der Waals surface area contributed by atoms with E-state index in [-0.39, 0.29) is 5.91 Å². The Morgan fingerprint density at radius 1 is 0.800 bits per heavy atom. The first kappa shape index (κ1) is 22.4. The van der Waals surface area contributed by atoms with Crippen LogP contribution < -0.4 is 5.43 Å². The van der Waals surface area contributed by atoms with E-state index in [0.717, 1.165) is 27.9 Å². The molecule has 4 aromatic carbocycles. The van der Waals surface area contributed by atoms with E-state index in [2.05, 4.69) is 88.7 Å². The molecule has 0 atom stereocenters. The predicted octanol–water partition coefficient (Wildman–Crippen LogP) is 6.82. The molecule has 1 aromatic heterocycles. The Morgan fingerprint density at radius 2 is 1.43 bits per heavy atom. The Hall–Kier alpha value is -4.44. The number of nitrogens with zero attached hydrogens (tertiary/aromatic N) is 2. The molecule has 0 radical (unpaired) electrons. The Morgan fingerprint density at radius 3 is 2.11 bits per heavy atom. The van der Waals surface area contributed by atoms with Crippen molar-refractivity contribution in [3.05, 3.63) is 120 Å². The van der Waals surface area contributed by atoms with Crippen LogP contribution in [0.3, 0.4) is 0 Å². The maximum atomic E-state index is 12.7. The maximum Gasteiger partial charge on any atom is 0.241 e. The zero-order chi connectivity index (χ0) is 24.0. The molecule has 0 bridgehead atoms. The summed E-state index contributed by atoms with van der Waals surface area (Å²) in [6.07, 6.45) is 1.98. The second-order valence-electron chi connectivity index (χ2n) is 8.53. The summed E-state index contributed by atoms with van der Waals surface area (Å²) in [6.45, 7) is 2.68. The molecule has 1 N–H and O–H groups in total. The first-order chi connectivity index (χ1) is 17.2. The van der Waals surface area contributed by atoms with E-state index in [0.29, 0.717) is 13.0 Å². The number of carbonyl (C=O) groups excluding carboxylic acids is 1. The van der Waals surface area contributed by atoms with Crippen LogP contribution in [0.4, 0.5) is 0 Å². The Kier molecular flexibility index (Phi) is 6.53. The van der Waals surface area contributed by atoms with Crippen LogP contribution >= 0.6 is 0 Å². The van der Waals surface area contributed by atoms with Crippen molar-refractivity contribution in [2.45, 2.75) is 19.9 Å². The van der Waals surface area contributed by atoms with Gasteiger partial charge in [0.25, 0.3) is 0 Å². The molecule has 0 aliphatic heterocycles. The minimum absolute atomic E-state index is 0.118. The van der Waals surface area contributed by atoms with Gasteiger partial charge in [0, 0.05) is 23.9 Å². The van der Waals surface area contributed by atoms with Gasteiger partial charge >= 0.3 is 0 Å². The van der Waals surface area contributed by atoms with Crippen molar-refractivity contribution in [2.75, 3.05) is 0 Å². The minimum Gasteiger partial charge on any atom is -0.339 e. The van der Waals surface area contributed by atoms with Crippen LogP contribution in [0.15, 0.2) is 114 Å². The Labute approximate surface area is 205 Å². The van der Waals surface area contributed by atoms with Crippen molar-refractivity contribution in [3.8, 4) is 22.4 Å². The van der Waals surface area contributed by atoms with Crippen molar-refractivity contribution in [1.29, 1.82) is 0 Å². The lowest BCUT2D eigenvalue weighted by Crippen LogP contribution is -2.19. The van der Waals surface area contributed by atoms with Crippen LogP contribution in [-0.2, 0) is 11.3 Å². The molecule has 0 unspecified atom stereocenters. The van der Waals surface area contributed by atoms with Gasteiger partial charge in [-0.2, -0.15) is 5.10 Å². The molecular weight excluding hydrogens is 430 g/mol. The zero-order valence-corrected chi connectivity index (χ0v) is 19.7. The molecule has 0 spiro atoms. The second kappa shape index (κ2) is 10.2. The van der Waals surface area contributed by atoms with E-state index in [1.807, 2.05) is 42.5 Å². The molecule has 4 nitrogen and oxygen atoms in total. The monoisotopic (exact) mass is 457 g/mol. The van der Waals surface area contributed by atoms with Gasteiger partial charge < -0.3 is 4.57 Å². The predicted molar refractivity (Wildman–Crippen MR) is 144 cm³/mol. The van der Waals surface area contributed by atoms with Gasteiger partial charge in [0.05, 0.1) is 17.4 Å². The molecule has 5 rings (SSSR count). The highest BCUT2D eigenvalue weighted by molar-refractivity contribution is 6.05. The first-order valence-electron chi connectivity index (χ1n) is 11.8. The highest BCUT2D eigenvalue weighted by Gasteiger charge is 2.21. The Bertz CT molecular complexity index is 1470. The lowest BCUT2D eigenvalue weighted by Gasteiger charge is -2.13. The van der Waals surface area contributed by atoms with Gasteiger partial charge in [-0.15, -0.1) is 0 Å². The van der Waals surface area contributed by atoms with Crippen LogP contribution in [0.5, 0.6) is 0 Å². The SMILES string of the molecule is Cc1cccc2c(-c3ccccc3)c(-c3ccccc3)n(CCC(=O)N/N=C/c3ccccc3)c12. The molecular formula is C31H27N3O. The average Bonchev–Trinajstić information content (AvgIpc) is 3.24. The fourth-order valence-electron chi connectivity index (χ4n) is 4.60. The number of nitrogens with one attached hydrogen (secondary N) is 1. The Balaban J connectivity index is 1.53. The van der Waals surface area contributed by atoms with Gasteiger partial charge in [-0.3, -0.25) is 4.79 Å². The van der Waals surface area contributed by atoms with Crippen LogP contribution in [0.2, 0.25) is 0 Å². The summed E-state index contributed by atoms with van der Waals surface area (Å²) in [5.74, 6) is -0.118. The van der Waals surface area contributed by atoms with Gasteiger partial charge in [0.1, 0.15) is 0 Å². The molecule has 0 saturated heterocycles. The number of hydrogen-bond acceptors (Lipinski definition) is 2. The van der Waals surface area contributed by atoms with Crippen molar-refractivity contribution in [1.82, 2.24) is 9.99 Å². The van der Waals surface area contributed by atoms with Crippen LogP contribution in [0.1, 0.15) is 17.5 Å². The van der Waals surface area contributed by atoms with E-state index in [1.54, 1.807) is 6.21 Å². The highest BCUT2D eigenvalue weighted by Crippen LogP contribution is 2.42. The number of hydrazone groups is 1. The van der Waals surface area contributed by atoms with E-state index in [1.165, 1.54) is 16.5 Å². The maximum absolute atomic E-state index is 12.7. The number of aromatic nitrogens is 1. The quantitative estimate of drug-likeness (QED) is 0.211. The largest absolute Gasteiger partial charge is 0.339 e. The molecule has 0 fully saturated rings. The summed E-state index contributed by atoms with van der Waals surface area (Å²) in [7, 11) is 0. The topological polar surface area (TPSA) is 46.4 Å². The molecule has 5 aromatic rings. The number of para-hydroxylation sites is 1. The standard InChI is InChI=1S/C31H27N3O/c1-23-12-11-19-27-29(25-15-7-3-8-16-25)31(26-17-9-4-10-18-26)34(30(23)27)21-20-28(35)33-32-22-24-13-5-2-6-14-24/h2-19,22H,20-21H2,1H3,(H,33,35)/b32-22+. The van der Waals surface area contributed by atoms with E-state index in [4.69, 9.17) is 0 Å². The summed E-state index contributed by atoms with van der Waals surface area (Å²) in [6, 6.07) is 37.0. The van der Waals surface area contributed by atoms with Crippen molar-refractivity contribution < 1.29 is 4.79 Å². The van der Waals surface area contributed by atoms with Gasteiger partial charge in [0.2, 0.25) is 5.91 Å². The first-order valence-corrected chi connectivity index (χ1v) is 11.8.